The minimum Gasteiger partial charge on any atom is -0.479 e. The molecule has 2 aromatic heterocycles. The van der Waals surface area contributed by atoms with Crippen LogP contribution in [0.2, 0.25) is 0 Å². The highest BCUT2D eigenvalue weighted by Gasteiger charge is 2.12. The molecule has 1 aromatic carbocycles. The van der Waals surface area contributed by atoms with Crippen LogP contribution in [0.25, 0.3) is 11.5 Å². The van der Waals surface area contributed by atoms with Crippen LogP contribution in [0.5, 0.6) is 5.95 Å². The minimum atomic E-state index is -0.261. The van der Waals surface area contributed by atoms with Crippen LogP contribution >= 0.6 is 27.3 Å². The third-order valence-electron chi connectivity index (χ3n) is 2.44. The second kappa shape index (κ2) is 5.56. The average Bonchev–Trinajstić information content (AvgIpc) is 3.07. The summed E-state index contributed by atoms with van der Waals surface area (Å²) < 4.78 is 6.19. The molecule has 2 heterocycles. The predicted molar refractivity (Wildman–Crippen MR) is 80.7 cm³/mol. The maximum atomic E-state index is 9.73. The van der Waals surface area contributed by atoms with Gasteiger partial charge in [0.2, 0.25) is 11.0 Å². The predicted octanol–water partition coefficient (Wildman–Crippen LogP) is 4.02. The molecular weight excluding hydrogens is 342 g/mol. The van der Waals surface area contributed by atoms with Crippen LogP contribution in [-0.2, 0) is 0 Å². The Morgan fingerprint density at radius 2 is 2.10 bits per heavy atom. The van der Waals surface area contributed by atoms with E-state index in [-0.39, 0.29) is 11.6 Å². The second-order valence-corrected chi connectivity index (χ2v) is 5.58. The van der Waals surface area contributed by atoms with Crippen molar-refractivity contribution >= 4 is 38.6 Å². The lowest BCUT2D eigenvalue weighted by Crippen LogP contribution is -1.82. The molecule has 20 heavy (non-hydrogen) atoms. The van der Waals surface area contributed by atoms with E-state index in [2.05, 4.69) is 30.9 Å². The van der Waals surface area contributed by atoms with Gasteiger partial charge >= 0.3 is 5.95 Å². The lowest BCUT2D eigenvalue weighted by molar-refractivity contribution is 0.337. The number of benzene rings is 1. The topological polar surface area (TPSA) is 71.5 Å². The monoisotopic (exact) mass is 349 g/mol. The fourth-order valence-corrected chi connectivity index (χ4v) is 2.26. The molecule has 5 nitrogen and oxygen atoms in total. The summed E-state index contributed by atoms with van der Waals surface area (Å²) in [6.07, 6.45) is 3.09. The zero-order chi connectivity index (χ0) is 13.9. The molecule has 0 aliphatic rings. The normalized spacial score (nSPS) is 11.2. The summed E-state index contributed by atoms with van der Waals surface area (Å²) in [7, 11) is 0. The molecule has 0 radical (unpaired) electrons. The largest absolute Gasteiger partial charge is 0.479 e. The molecule has 0 atom stereocenters. The van der Waals surface area contributed by atoms with Gasteiger partial charge in [0.15, 0.2) is 5.69 Å². The van der Waals surface area contributed by atoms with E-state index in [4.69, 9.17) is 4.42 Å². The van der Waals surface area contributed by atoms with E-state index in [9.17, 15) is 5.11 Å². The summed E-state index contributed by atoms with van der Waals surface area (Å²) in [6.45, 7) is 0. The highest BCUT2D eigenvalue weighted by Crippen LogP contribution is 2.27. The van der Waals surface area contributed by atoms with E-state index in [1.165, 1.54) is 17.6 Å². The van der Waals surface area contributed by atoms with Gasteiger partial charge in [-0.15, -0.1) is 11.3 Å². The number of aromatic nitrogens is 2. The van der Waals surface area contributed by atoms with Gasteiger partial charge in [-0.3, -0.25) is 0 Å². The van der Waals surface area contributed by atoms with Crippen molar-refractivity contribution in [2.45, 2.75) is 0 Å². The third-order valence-corrected chi connectivity index (χ3v) is 3.65. The SMILES string of the molecule is Oc1oc(-c2ccc(Br)cc2)nc1C=Nc1nccs1. The van der Waals surface area contributed by atoms with Crippen LogP contribution in [0, 0.1) is 0 Å². The fraction of sp³-hybridized carbons (Fsp3) is 0. The van der Waals surface area contributed by atoms with E-state index >= 15 is 0 Å². The van der Waals surface area contributed by atoms with Crippen LogP contribution in [0.15, 0.2) is 49.7 Å². The molecular formula is C13H8BrN3O2S. The molecule has 3 rings (SSSR count). The molecule has 7 heteroatoms. The number of halogens is 1. The molecule has 0 unspecified atom stereocenters. The molecule has 0 saturated carbocycles. The molecule has 100 valence electrons. The van der Waals surface area contributed by atoms with Gasteiger partial charge in [0, 0.05) is 21.6 Å². The van der Waals surface area contributed by atoms with Crippen molar-refractivity contribution in [2.75, 3.05) is 0 Å². The molecule has 0 bridgehead atoms. The van der Waals surface area contributed by atoms with Crippen molar-refractivity contribution in [3.8, 4) is 17.4 Å². The van der Waals surface area contributed by atoms with Crippen molar-refractivity contribution in [3.63, 3.8) is 0 Å². The number of hydrogen-bond donors (Lipinski definition) is 1. The van der Waals surface area contributed by atoms with Crippen LogP contribution in [0.1, 0.15) is 5.69 Å². The highest BCUT2D eigenvalue weighted by atomic mass is 79.9. The first kappa shape index (κ1) is 13.0. The van der Waals surface area contributed by atoms with Gasteiger partial charge < -0.3 is 9.52 Å². The summed E-state index contributed by atoms with van der Waals surface area (Å²) in [4.78, 5) is 12.3. The van der Waals surface area contributed by atoms with Crippen molar-refractivity contribution in [1.82, 2.24) is 9.97 Å². The zero-order valence-corrected chi connectivity index (χ0v) is 12.4. The molecule has 0 saturated heterocycles. The van der Waals surface area contributed by atoms with E-state index in [0.29, 0.717) is 11.0 Å². The van der Waals surface area contributed by atoms with E-state index in [1.807, 2.05) is 29.6 Å². The van der Waals surface area contributed by atoms with Gasteiger partial charge in [-0.2, -0.15) is 0 Å². The highest BCUT2D eigenvalue weighted by molar-refractivity contribution is 9.10. The summed E-state index contributed by atoms with van der Waals surface area (Å²) in [5, 5.41) is 12.1. The smallest absolute Gasteiger partial charge is 0.312 e. The maximum Gasteiger partial charge on any atom is 0.312 e. The van der Waals surface area contributed by atoms with Crippen molar-refractivity contribution in [1.29, 1.82) is 0 Å². The third kappa shape index (κ3) is 2.78. The molecule has 0 fully saturated rings. The zero-order valence-electron chi connectivity index (χ0n) is 10.0. The van der Waals surface area contributed by atoms with Gasteiger partial charge in [-0.1, -0.05) is 15.9 Å². The number of oxazole rings is 1. The van der Waals surface area contributed by atoms with Gasteiger partial charge in [-0.25, -0.2) is 15.0 Å². The lowest BCUT2D eigenvalue weighted by Gasteiger charge is -1.94. The molecule has 1 N–H and O–H groups in total. The number of nitrogens with zero attached hydrogens (tertiary/aromatic N) is 3. The Morgan fingerprint density at radius 1 is 1.30 bits per heavy atom. The Hall–Kier alpha value is -1.99. The molecule has 0 aliphatic carbocycles. The number of aromatic hydroxyl groups is 1. The Labute approximate surface area is 126 Å². The van der Waals surface area contributed by atoms with Crippen molar-refractivity contribution < 1.29 is 9.52 Å². The lowest BCUT2D eigenvalue weighted by atomic mass is 10.2. The molecule has 0 amide bonds. The second-order valence-electron chi connectivity index (χ2n) is 3.79. The number of thiazole rings is 1. The molecule has 0 spiro atoms. The van der Waals surface area contributed by atoms with Gasteiger partial charge in [-0.05, 0) is 24.3 Å². The quantitative estimate of drug-likeness (QED) is 0.725. The standard InChI is InChI=1S/C13H8BrN3O2S/c14-9-3-1-8(2-4-9)11-17-10(12(18)19-11)7-16-13-15-5-6-20-13/h1-7,18H. The van der Waals surface area contributed by atoms with Crippen LogP contribution < -0.4 is 0 Å². The number of aliphatic imine (C=N–C) groups is 1. The first-order valence-electron chi connectivity index (χ1n) is 5.61. The Kier molecular flexibility index (Phi) is 3.62. The van der Waals surface area contributed by atoms with Gasteiger partial charge in [0.1, 0.15) is 0 Å². The average molecular weight is 350 g/mol. The summed E-state index contributed by atoms with van der Waals surface area (Å²) >= 11 is 4.76. The summed E-state index contributed by atoms with van der Waals surface area (Å²) in [5.41, 5.74) is 1.05. The van der Waals surface area contributed by atoms with Crippen molar-refractivity contribution in [2.24, 2.45) is 4.99 Å². The molecule has 0 aliphatic heterocycles. The van der Waals surface area contributed by atoms with E-state index in [1.54, 1.807) is 6.20 Å². The summed E-state index contributed by atoms with van der Waals surface area (Å²) in [6, 6.07) is 7.44. The first-order chi connectivity index (χ1) is 9.72. The number of hydrogen-bond acceptors (Lipinski definition) is 6. The minimum absolute atomic E-state index is 0.261. The molecule has 3 aromatic rings. The summed E-state index contributed by atoms with van der Waals surface area (Å²) in [5.74, 6) is 0.0822. The van der Waals surface area contributed by atoms with Gasteiger partial charge in [0.05, 0.1) is 6.21 Å². The van der Waals surface area contributed by atoms with E-state index in [0.717, 1.165) is 10.0 Å². The van der Waals surface area contributed by atoms with Crippen LogP contribution in [-0.4, -0.2) is 21.3 Å². The van der Waals surface area contributed by atoms with Gasteiger partial charge in [0.25, 0.3) is 0 Å². The fourth-order valence-electron chi connectivity index (χ4n) is 1.52. The number of rotatable bonds is 3. The Morgan fingerprint density at radius 3 is 2.80 bits per heavy atom. The Bertz CT molecular complexity index is 736. The van der Waals surface area contributed by atoms with Crippen LogP contribution in [0.4, 0.5) is 5.13 Å². The first-order valence-corrected chi connectivity index (χ1v) is 7.29. The maximum absolute atomic E-state index is 9.73. The van der Waals surface area contributed by atoms with Crippen LogP contribution in [0.3, 0.4) is 0 Å². The Balaban J connectivity index is 1.89. The van der Waals surface area contributed by atoms with E-state index < -0.39 is 0 Å². The van der Waals surface area contributed by atoms with Crippen molar-refractivity contribution in [3.05, 3.63) is 46.0 Å².